The van der Waals surface area contributed by atoms with Crippen LogP contribution in [0.25, 0.3) is 0 Å². The molecule has 1 heterocycles. The van der Waals surface area contributed by atoms with E-state index in [1.807, 2.05) is 30.6 Å². The van der Waals surface area contributed by atoms with E-state index in [9.17, 15) is 4.79 Å². The lowest BCUT2D eigenvalue weighted by Gasteiger charge is -2.09. The van der Waals surface area contributed by atoms with Crippen LogP contribution in [0.2, 0.25) is 0 Å². The minimum atomic E-state index is 0.0220. The van der Waals surface area contributed by atoms with E-state index in [4.69, 9.17) is 10.5 Å². The van der Waals surface area contributed by atoms with Gasteiger partial charge in [-0.1, -0.05) is 19.1 Å². The Morgan fingerprint density at radius 1 is 1.25 bits per heavy atom. The Morgan fingerprint density at radius 3 is 2.65 bits per heavy atom. The van der Waals surface area contributed by atoms with Crippen LogP contribution in [0.5, 0.6) is 5.75 Å². The second kappa shape index (κ2) is 6.43. The van der Waals surface area contributed by atoms with Gasteiger partial charge >= 0.3 is 5.69 Å². The van der Waals surface area contributed by atoms with Gasteiger partial charge in [0.25, 0.3) is 0 Å². The fourth-order valence-electron chi connectivity index (χ4n) is 2.24. The van der Waals surface area contributed by atoms with Crippen LogP contribution in [0.15, 0.2) is 35.4 Å². The molecule has 0 bridgehead atoms. The normalized spacial score (nSPS) is 10.8. The molecule has 0 saturated heterocycles. The maximum atomic E-state index is 12.1. The van der Waals surface area contributed by atoms with Crippen molar-refractivity contribution in [3.05, 3.63) is 52.2 Å². The van der Waals surface area contributed by atoms with E-state index in [0.29, 0.717) is 13.1 Å². The van der Waals surface area contributed by atoms with Crippen LogP contribution < -0.4 is 16.2 Å². The number of aryl methyl sites for hydroxylation is 1. The van der Waals surface area contributed by atoms with Gasteiger partial charge < -0.3 is 10.5 Å². The van der Waals surface area contributed by atoms with Gasteiger partial charge in [-0.05, 0) is 18.1 Å². The van der Waals surface area contributed by atoms with Gasteiger partial charge in [0.05, 0.1) is 13.7 Å². The van der Waals surface area contributed by atoms with Crippen LogP contribution >= 0.6 is 0 Å². The van der Waals surface area contributed by atoms with Crippen molar-refractivity contribution in [3.8, 4) is 5.75 Å². The molecule has 0 aliphatic heterocycles. The molecule has 0 saturated carbocycles. The smallest absolute Gasteiger partial charge is 0.328 e. The highest BCUT2D eigenvalue weighted by Gasteiger charge is 2.06. The lowest BCUT2D eigenvalue weighted by atomic mass is 10.1. The number of nitrogens with zero attached hydrogens (tertiary/aromatic N) is 2. The van der Waals surface area contributed by atoms with Crippen molar-refractivity contribution in [2.75, 3.05) is 7.11 Å². The lowest BCUT2D eigenvalue weighted by molar-refractivity contribution is 0.409. The second-order valence-corrected chi connectivity index (χ2v) is 4.75. The molecular formula is C15H21N3O2. The summed E-state index contributed by atoms with van der Waals surface area (Å²) in [6, 6.07) is 5.86. The summed E-state index contributed by atoms with van der Waals surface area (Å²) in [5, 5.41) is 0. The maximum Gasteiger partial charge on any atom is 0.328 e. The summed E-state index contributed by atoms with van der Waals surface area (Å²) >= 11 is 0. The number of ether oxygens (including phenoxy) is 1. The largest absolute Gasteiger partial charge is 0.496 e. The third kappa shape index (κ3) is 2.93. The number of nitrogens with two attached hydrogens (primary N) is 1. The zero-order chi connectivity index (χ0) is 14.5. The Hall–Kier alpha value is -2.01. The first kappa shape index (κ1) is 14.4. The summed E-state index contributed by atoms with van der Waals surface area (Å²) in [5.74, 6) is 0.769. The van der Waals surface area contributed by atoms with Gasteiger partial charge in [-0.25, -0.2) is 4.79 Å². The first-order chi connectivity index (χ1) is 9.69. The first-order valence-electron chi connectivity index (χ1n) is 6.81. The van der Waals surface area contributed by atoms with Gasteiger partial charge in [0.2, 0.25) is 0 Å². The Kier molecular flexibility index (Phi) is 4.63. The van der Waals surface area contributed by atoms with Gasteiger partial charge in [0, 0.05) is 31.0 Å². The number of aromatic nitrogens is 2. The van der Waals surface area contributed by atoms with E-state index >= 15 is 0 Å². The van der Waals surface area contributed by atoms with Crippen molar-refractivity contribution in [1.82, 2.24) is 9.13 Å². The molecular weight excluding hydrogens is 254 g/mol. The van der Waals surface area contributed by atoms with E-state index in [1.165, 1.54) is 0 Å². The van der Waals surface area contributed by atoms with Crippen LogP contribution in [0.4, 0.5) is 0 Å². The Balaban J connectivity index is 2.24. The monoisotopic (exact) mass is 275 g/mol. The number of hydrogen-bond donors (Lipinski definition) is 1. The van der Waals surface area contributed by atoms with Crippen molar-refractivity contribution >= 4 is 0 Å². The molecule has 0 fully saturated rings. The summed E-state index contributed by atoms with van der Waals surface area (Å²) < 4.78 is 8.74. The molecule has 5 heteroatoms. The summed E-state index contributed by atoms with van der Waals surface area (Å²) in [7, 11) is 1.63. The van der Waals surface area contributed by atoms with E-state index in [1.54, 1.807) is 16.2 Å². The van der Waals surface area contributed by atoms with Crippen LogP contribution in [0, 0.1) is 0 Å². The average Bonchev–Trinajstić information content (AvgIpc) is 2.80. The van der Waals surface area contributed by atoms with Crippen molar-refractivity contribution in [3.63, 3.8) is 0 Å². The minimum absolute atomic E-state index is 0.0220. The number of methoxy groups -OCH3 is 1. The zero-order valence-electron chi connectivity index (χ0n) is 12.0. The lowest BCUT2D eigenvalue weighted by Crippen LogP contribution is -2.24. The average molecular weight is 275 g/mol. The zero-order valence-corrected chi connectivity index (χ0v) is 12.0. The van der Waals surface area contributed by atoms with Gasteiger partial charge in [-0.2, -0.15) is 0 Å². The Morgan fingerprint density at radius 2 is 2.00 bits per heavy atom. The van der Waals surface area contributed by atoms with E-state index < -0.39 is 0 Å². The molecule has 0 aliphatic rings. The van der Waals surface area contributed by atoms with Crippen molar-refractivity contribution < 1.29 is 4.74 Å². The molecule has 0 atom stereocenters. The molecule has 5 nitrogen and oxygen atoms in total. The summed E-state index contributed by atoms with van der Waals surface area (Å²) in [6.45, 7) is 3.79. The third-order valence-corrected chi connectivity index (χ3v) is 3.31. The fraction of sp³-hybridized carbons (Fsp3) is 0.400. The predicted octanol–water partition coefficient (Wildman–Crippen LogP) is 1.58. The predicted molar refractivity (Wildman–Crippen MR) is 79.0 cm³/mol. The molecule has 1 aromatic carbocycles. The third-order valence-electron chi connectivity index (χ3n) is 3.31. The fourth-order valence-corrected chi connectivity index (χ4v) is 2.24. The standard InChI is InChI=1S/C15H21N3O2/c1-3-6-17-7-8-18(15(17)19)11-12-4-5-13(10-16)14(9-12)20-2/h4-5,7-9H,3,6,10-11,16H2,1-2H3. The molecule has 2 aromatic rings. The van der Waals surface area contributed by atoms with Crippen molar-refractivity contribution in [1.29, 1.82) is 0 Å². The van der Waals surface area contributed by atoms with Crippen LogP contribution in [0.3, 0.4) is 0 Å². The quantitative estimate of drug-likeness (QED) is 0.870. The van der Waals surface area contributed by atoms with Crippen molar-refractivity contribution in [2.24, 2.45) is 5.73 Å². The molecule has 0 spiro atoms. The Bertz CT molecular complexity index is 628. The Labute approximate surface area is 118 Å². The summed E-state index contributed by atoms with van der Waals surface area (Å²) in [5.41, 5.74) is 7.66. The molecule has 20 heavy (non-hydrogen) atoms. The van der Waals surface area contributed by atoms with Crippen LogP contribution in [-0.4, -0.2) is 16.2 Å². The highest BCUT2D eigenvalue weighted by atomic mass is 16.5. The SMILES string of the molecule is CCCn1ccn(Cc2ccc(CN)c(OC)c2)c1=O. The molecule has 0 unspecified atom stereocenters. The van der Waals surface area contributed by atoms with Crippen LogP contribution in [0.1, 0.15) is 24.5 Å². The van der Waals surface area contributed by atoms with Gasteiger partial charge in [-0.15, -0.1) is 0 Å². The molecule has 2 N–H and O–H groups in total. The minimum Gasteiger partial charge on any atom is -0.496 e. The van der Waals surface area contributed by atoms with E-state index in [-0.39, 0.29) is 5.69 Å². The molecule has 1 aromatic heterocycles. The highest BCUT2D eigenvalue weighted by Crippen LogP contribution is 2.20. The van der Waals surface area contributed by atoms with E-state index in [2.05, 4.69) is 6.92 Å². The van der Waals surface area contributed by atoms with Gasteiger partial charge in [0.1, 0.15) is 5.75 Å². The van der Waals surface area contributed by atoms with Gasteiger partial charge in [-0.3, -0.25) is 9.13 Å². The maximum absolute atomic E-state index is 12.1. The first-order valence-corrected chi connectivity index (χ1v) is 6.81. The van der Waals surface area contributed by atoms with E-state index in [0.717, 1.165) is 29.8 Å². The topological polar surface area (TPSA) is 62.2 Å². The number of hydrogen-bond acceptors (Lipinski definition) is 3. The molecule has 0 aliphatic carbocycles. The van der Waals surface area contributed by atoms with Crippen LogP contribution in [-0.2, 0) is 19.6 Å². The molecule has 0 radical (unpaired) electrons. The highest BCUT2D eigenvalue weighted by molar-refractivity contribution is 5.37. The second-order valence-electron chi connectivity index (χ2n) is 4.75. The summed E-state index contributed by atoms with van der Waals surface area (Å²) in [6.07, 6.45) is 4.60. The van der Waals surface area contributed by atoms with Gasteiger partial charge in [0.15, 0.2) is 0 Å². The number of rotatable bonds is 6. The number of benzene rings is 1. The number of imidazole rings is 1. The molecule has 108 valence electrons. The van der Waals surface area contributed by atoms with Crippen molar-refractivity contribution in [2.45, 2.75) is 33.0 Å². The molecule has 0 amide bonds. The molecule has 2 rings (SSSR count). The summed E-state index contributed by atoms with van der Waals surface area (Å²) in [4.78, 5) is 12.1.